The number of carbonyl (C=O) groups is 1. The molecule has 3 N–H and O–H groups in total. The van der Waals surface area contributed by atoms with Gasteiger partial charge in [0, 0.05) is 5.56 Å². The number of rotatable bonds is 6. The number of aromatic hydroxyl groups is 2. The van der Waals surface area contributed by atoms with Gasteiger partial charge in [0.1, 0.15) is 4.90 Å². The van der Waals surface area contributed by atoms with Gasteiger partial charge in [-0.15, -0.1) is 6.58 Å². The van der Waals surface area contributed by atoms with Gasteiger partial charge in [-0.3, -0.25) is 0 Å². The van der Waals surface area contributed by atoms with Crippen LogP contribution in [0, 0.1) is 6.92 Å². The second kappa shape index (κ2) is 6.86. The van der Waals surface area contributed by atoms with E-state index in [0.717, 1.165) is 11.6 Å². The van der Waals surface area contributed by atoms with E-state index in [4.69, 9.17) is 4.18 Å². The highest BCUT2D eigenvalue weighted by atomic mass is 32.2. The summed E-state index contributed by atoms with van der Waals surface area (Å²) in [6.45, 7) is 5.25. The average molecular weight is 364 g/mol. The van der Waals surface area contributed by atoms with Crippen molar-refractivity contribution in [2.45, 2.75) is 18.2 Å². The number of hydrogen-bond donors (Lipinski definition) is 3. The van der Waals surface area contributed by atoms with Crippen LogP contribution in [0.1, 0.15) is 21.5 Å². The summed E-state index contributed by atoms with van der Waals surface area (Å²) in [5, 5.41) is 29.0. The third kappa shape index (κ3) is 3.74. The Bertz CT molecular complexity index is 928. The predicted molar refractivity (Wildman–Crippen MR) is 89.6 cm³/mol. The standard InChI is InChI=1S/C17H16O7S/c1-3-4-12-13(17(20)21)9-14(18)15(19)16(12)24-25(22,23)11-7-5-10(2)6-8-11/h3,5-9,18-19H,1,4H2,2H3,(H,20,21). The van der Waals surface area contributed by atoms with Crippen molar-refractivity contribution in [2.75, 3.05) is 0 Å². The fraction of sp³-hybridized carbons (Fsp3) is 0.118. The molecule has 0 saturated heterocycles. The molecule has 0 aliphatic carbocycles. The summed E-state index contributed by atoms with van der Waals surface area (Å²) in [6, 6.07) is 6.57. The Morgan fingerprint density at radius 2 is 1.84 bits per heavy atom. The summed E-state index contributed by atoms with van der Waals surface area (Å²) in [4.78, 5) is 11.2. The minimum Gasteiger partial charge on any atom is -0.504 e. The van der Waals surface area contributed by atoms with Crippen LogP contribution in [0.15, 0.2) is 47.9 Å². The molecule has 0 heterocycles. The molecule has 0 atom stereocenters. The molecule has 0 aliphatic heterocycles. The Kier molecular flexibility index (Phi) is 5.03. The van der Waals surface area contributed by atoms with Crippen molar-refractivity contribution in [1.29, 1.82) is 0 Å². The second-order valence-corrected chi connectivity index (χ2v) is 6.79. The number of benzene rings is 2. The number of allylic oxidation sites excluding steroid dienone is 1. The number of aryl methyl sites for hydroxylation is 1. The van der Waals surface area contributed by atoms with E-state index >= 15 is 0 Å². The lowest BCUT2D eigenvalue weighted by Gasteiger charge is -2.15. The maximum atomic E-state index is 12.4. The van der Waals surface area contributed by atoms with E-state index in [9.17, 15) is 28.5 Å². The number of hydrogen-bond acceptors (Lipinski definition) is 6. The molecule has 25 heavy (non-hydrogen) atoms. The lowest BCUT2D eigenvalue weighted by molar-refractivity contribution is 0.0695. The van der Waals surface area contributed by atoms with Gasteiger partial charge in [-0.25, -0.2) is 4.79 Å². The molecule has 2 aromatic carbocycles. The minimum absolute atomic E-state index is 0.0891. The summed E-state index contributed by atoms with van der Waals surface area (Å²) in [5.74, 6) is -3.72. The van der Waals surface area contributed by atoms with Crippen molar-refractivity contribution in [3.05, 3.63) is 59.7 Å². The van der Waals surface area contributed by atoms with E-state index in [1.807, 2.05) is 0 Å². The Balaban J connectivity index is 2.63. The van der Waals surface area contributed by atoms with Crippen LogP contribution in [-0.4, -0.2) is 29.7 Å². The van der Waals surface area contributed by atoms with Crippen LogP contribution in [0.2, 0.25) is 0 Å². The highest BCUT2D eigenvalue weighted by Gasteiger charge is 2.27. The van der Waals surface area contributed by atoms with Gasteiger partial charge in [-0.05, 0) is 31.5 Å². The van der Waals surface area contributed by atoms with Crippen LogP contribution in [0.4, 0.5) is 0 Å². The van der Waals surface area contributed by atoms with Crippen molar-refractivity contribution in [1.82, 2.24) is 0 Å². The van der Waals surface area contributed by atoms with Crippen molar-refractivity contribution < 1.29 is 32.7 Å². The Hall–Kier alpha value is -3.00. The summed E-state index contributed by atoms with van der Waals surface area (Å²) in [7, 11) is -4.35. The normalized spacial score (nSPS) is 11.1. The van der Waals surface area contributed by atoms with Gasteiger partial charge >= 0.3 is 16.1 Å². The third-order valence-corrected chi connectivity index (χ3v) is 4.66. The highest BCUT2D eigenvalue weighted by Crippen LogP contribution is 2.42. The molecule has 0 spiro atoms. The molecular weight excluding hydrogens is 348 g/mol. The maximum Gasteiger partial charge on any atom is 0.339 e. The van der Waals surface area contributed by atoms with Gasteiger partial charge in [0.05, 0.1) is 5.56 Å². The van der Waals surface area contributed by atoms with Gasteiger partial charge < -0.3 is 19.5 Å². The molecule has 0 unspecified atom stereocenters. The first-order chi connectivity index (χ1) is 11.7. The lowest BCUT2D eigenvalue weighted by Crippen LogP contribution is -2.13. The fourth-order valence-electron chi connectivity index (χ4n) is 2.16. The molecule has 0 saturated carbocycles. The molecule has 0 aromatic heterocycles. The zero-order valence-electron chi connectivity index (χ0n) is 13.3. The fourth-order valence-corrected chi connectivity index (χ4v) is 3.13. The quantitative estimate of drug-likeness (QED) is 0.409. The minimum atomic E-state index is -4.35. The van der Waals surface area contributed by atoms with E-state index in [-0.39, 0.29) is 16.9 Å². The third-order valence-electron chi connectivity index (χ3n) is 3.42. The number of carboxylic acids is 1. The Morgan fingerprint density at radius 1 is 1.24 bits per heavy atom. The molecular formula is C17H16O7S. The molecule has 2 rings (SSSR count). The predicted octanol–water partition coefficient (Wildman–Crippen LogP) is 2.60. The summed E-state index contributed by atoms with van der Waals surface area (Å²) in [5.41, 5.74) is 0.317. The Morgan fingerprint density at radius 3 is 2.36 bits per heavy atom. The molecule has 0 aliphatic rings. The van der Waals surface area contributed by atoms with Crippen LogP contribution in [0.25, 0.3) is 0 Å². The SMILES string of the molecule is C=CCc1c(C(=O)O)cc(O)c(O)c1OS(=O)(=O)c1ccc(C)cc1. The van der Waals surface area contributed by atoms with Gasteiger partial charge in [0.15, 0.2) is 11.5 Å². The smallest absolute Gasteiger partial charge is 0.339 e. The molecule has 0 radical (unpaired) electrons. The molecule has 132 valence electrons. The molecule has 8 heteroatoms. The lowest BCUT2D eigenvalue weighted by atomic mass is 10.0. The second-order valence-electron chi connectivity index (χ2n) is 5.25. The van der Waals surface area contributed by atoms with Crippen molar-refractivity contribution in [2.24, 2.45) is 0 Å². The monoisotopic (exact) mass is 364 g/mol. The van der Waals surface area contributed by atoms with E-state index in [0.29, 0.717) is 0 Å². The van der Waals surface area contributed by atoms with Crippen molar-refractivity contribution in [3.63, 3.8) is 0 Å². The van der Waals surface area contributed by atoms with E-state index < -0.39 is 38.9 Å². The van der Waals surface area contributed by atoms with Gasteiger partial charge in [-0.2, -0.15) is 8.42 Å². The van der Waals surface area contributed by atoms with Crippen LogP contribution in [-0.2, 0) is 16.5 Å². The number of phenolic OH excluding ortho intramolecular Hbond substituents is 2. The maximum absolute atomic E-state index is 12.4. The van der Waals surface area contributed by atoms with Gasteiger partial charge in [0.25, 0.3) is 0 Å². The average Bonchev–Trinajstić information content (AvgIpc) is 2.54. The zero-order chi connectivity index (χ0) is 18.8. The van der Waals surface area contributed by atoms with Crippen LogP contribution >= 0.6 is 0 Å². The number of aromatic carboxylic acids is 1. The van der Waals surface area contributed by atoms with Crippen LogP contribution < -0.4 is 4.18 Å². The first-order valence-corrected chi connectivity index (χ1v) is 8.51. The summed E-state index contributed by atoms with van der Waals surface area (Å²) in [6.07, 6.45) is 1.23. The first kappa shape index (κ1) is 18.3. The zero-order valence-corrected chi connectivity index (χ0v) is 14.1. The largest absolute Gasteiger partial charge is 0.504 e. The van der Waals surface area contributed by atoms with E-state index in [2.05, 4.69) is 6.58 Å². The van der Waals surface area contributed by atoms with Crippen molar-refractivity contribution >= 4 is 16.1 Å². The highest BCUT2D eigenvalue weighted by molar-refractivity contribution is 7.87. The topological polar surface area (TPSA) is 121 Å². The molecule has 0 amide bonds. The molecule has 0 fully saturated rings. The molecule has 2 aromatic rings. The van der Waals surface area contributed by atoms with Gasteiger partial charge in [0.2, 0.25) is 5.75 Å². The summed E-state index contributed by atoms with van der Waals surface area (Å²) < 4.78 is 29.8. The summed E-state index contributed by atoms with van der Waals surface area (Å²) >= 11 is 0. The van der Waals surface area contributed by atoms with Gasteiger partial charge in [-0.1, -0.05) is 23.8 Å². The molecule has 0 bridgehead atoms. The molecule has 7 nitrogen and oxygen atoms in total. The van der Waals surface area contributed by atoms with Crippen LogP contribution in [0.3, 0.4) is 0 Å². The first-order valence-electron chi connectivity index (χ1n) is 7.10. The number of carboxylic acid groups (broad SMARTS) is 1. The number of phenols is 2. The van der Waals surface area contributed by atoms with E-state index in [1.165, 1.54) is 18.2 Å². The Labute approximate surface area is 144 Å². The van der Waals surface area contributed by atoms with Crippen molar-refractivity contribution in [3.8, 4) is 17.2 Å². The van der Waals surface area contributed by atoms with E-state index in [1.54, 1.807) is 19.1 Å². The van der Waals surface area contributed by atoms with Crippen LogP contribution in [0.5, 0.6) is 17.2 Å².